The fourth-order valence-corrected chi connectivity index (χ4v) is 6.45. The maximum Gasteiger partial charge on any atom is 0.177 e. The third-order valence-electron chi connectivity index (χ3n) is 6.16. The van der Waals surface area contributed by atoms with Crippen LogP contribution < -0.4 is 0 Å². The first-order valence-electron chi connectivity index (χ1n) is 8.05. The van der Waals surface area contributed by atoms with Crippen molar-refractivity contribution in [1.82, 2.24) is 15.0 Å². The first-order chi connectivity index (χ1) is 10.0. The van der Waals surface area contributed by atoms with Gasteiger partial charge in [0.2, 0.25) is 0 Å². The number of imidazole rings is 1. The average Bonchev–Trinajstić information content (AvgIpc) is 2.79. The summed E-state index contributed by atoms with van der Waals surface area (Å²) in [7, 11) is 0. The van der Waals surface area contributed by atoms with Crippen LogP contribution in [0.1, 0.15) is 51.3 Å². The second-order valence-electron chi connectivity index (χ2n) is 8.16. The Morgan fingerprint density at radius 1 is 1.24 bits per heavy atom. The lowest BCUT2D eigenvalue weighted by Crippen LogP contribution is -2.53. The number of aromatic amines is 1. The minimum Gasteiger partial charge on any atom is -0.340 e. The van der Waals surface area contributed by atoms with Crippen LogP contribution in [-0.2, 0) is 5.41 Å². The van der Waals surface area contributed by atoms with Gasteiger partial charge in [-0.2, -0.15) is 0 Å². The first kappa shape index (κ1) is 12.6. The van der Waals surface area contributed by atoms with Gasteiger partial charge in [-0.1, -0.05) is 6.92 Å². The van der Waals surface area contributed by atoms with Gasteiger partial charge in [0, 0.05) is 16.1 Å². The molecule has 2 aromatic rings. The van der Waals surface area contributed by atoms with Crippen LogP contribution in [0.4, 0.5) is 0 Å². The lowest BCUT2D eigenvalue weighted by atomic mass is 9.44. The van der Waals surface area contributed by atoms with Crippen molar-refractivity contribution in [3.8, 4) is 0 Å². The molecule has 21 heavy (non-hydrogen) atoms. The maximum atomic E-state index is 4.89. The van der Waals surface area contributed by atoms with Gasteiger partial charge in [-0.15, -0.1) is 0 Å². The Hall–Kier alpha value is -0.900. The number of pyridine rings is 1. The molecule has 4 heteroatoms. The fraction of sp³-hybridized carbons (Fsp3) is 0.647. The smallest absolute Gasteiger partial charge is 0.177 e. The molecule has 0 aromatic carbocycles. The van der Waals surface area contributed by atoms with E-state index >= 15 is 0 Å². The fourth-order valence-electron chi connectivity index (χ4n) is 6.12. The van der Waals surface area contributed by atoms with Crippen LogP contribution in [0, 0.1) is 17.3 Å². The monoisotopic (exact) mass is 345 g/mol. The van der Waals surface area contributed by atoms with Crippen LogP contribution in [0.5, 0.6) is 0 Å². The minimum atomic E-state index is 0.298. The predicted molar refractivity (Wildman–Crippen MR) is 86.1 cm³/mol. The zero-order valence-corrected chi connectivity index (χ0v) is 13.9. The van der Waals surface area contributed by atoms with Crippen molar-refractivity contribution in [2.24, 2.45) is 17.3 Å². The molecule has 4 aliphatic carbocycles. The third kappa shape index (κ3) is 1.77. The molecule has 4 bridgehead atoms. The second-order valence-corrected chi connectivity index (χ2v) is 9.08. The van der Waals surface area contributed by atoms with Crippen LogP contribution in [-0.4, -0.2) is 15.0 Å². The molecule has 4 aliphatic rings. The van der Waals surface area contributed by atoms with Gasteiger partial charge in [0.15, 0.2) is 5.65 Å². The Labute approximate surface area is 133 Å². The lowest BCUT2D eigenvalue weighted by Gasteiger charge is -2.60. The van der Waals surface area contributed by atoms with E-state index in [0.717, 1.165) is 27.5 Å². The molecule has 0 saturated heterocycles. The molecular weight excluding hydrogens is 326 g/mol. The van der Waals surface area contributed by atoms with E-state index in [2.05, 4.69) is 38.9 Å². The Bertz CT molecular complexity index is 721. The SMILES string of the molecule is CC12CC3CC(C1)CC(c1nc4ncc(Br)cc4[nH]1)(C3)C2. The van der Waals surface area contributed by atoms with Gasteiger partial charge in [0.25, 0.3) is 0 Å². The summed E-state index contributed by atoms with van der Waals surface area (Å²) >= 11 is 3.50. The number of nitrogens with one attached hydrogen (secondary N) is 1. The molecule has 0 spiro atoms. The molecule has 0 radical (unpaired) electrons. The van der Waals surface area contributed by atoms with Gasteiger partial charge in [-0.05, 0) is 77.8 Å². The van der Waals surface area contributed by atoms with Crippen molar-refractivity contribution in [3.05, 3.63) is 22.6 Å². The van der Waals surface area contributed by atoms with Gasteiger partial charge in [0.1, 0.15) is 5.82 Å². The maximum absolute atomic E-state index is 4.89. The van der Waals surface area contributed by atoms with Crippen LogP contribution in [0.2, 0.25) is 0 Å². The van der Waals surface area contributed by atoms with Crippen LogP contribution in [0.3, 0.4) is 0 Å². The van der Waals surface area contributed by atoms with E-state index in [0.29, 0.717) is 10.8 Å². The zero-order chi connectivity index (χ0) is 14.2. The van der Waals surface area contributed by atoms with Crippen molar-refractivity contribution < 1.29 is 0 Å². The van der Waals surface area contributed by atoms with Gasteiger partial charge in [-0.25, -0.2) is 9.97 Å². The largest absolute Gasteiger partial charge is 0.340 e. The number of aromatic nitrogens is 3. The highest BCUT2D eigenvalue weighted by atomic mass is 79.9. The quantitative estimate of drug-likeness (QED) is 0.821. The average molecular weight is 346 g/mol. The van der Waals surface area contributed by atoms with E-state index in [-0.39, 0.29) is 0 Å². The molecular formula is C17H20BrN3. The molecule has 4 saturated carbocycles. The van der Waals surface area contributed by atoms with Gasteiger partial charge in [-0.3, -0.25) is 0 Å². The molecule has 6 rings (SSSR count). The van der Waals surface area contributed by atoms with Crippen LogP contribution in [0.25, 0.3) is 11.2 Å². The van der Waals surface area contributed by atoms with E-state index in [1.807, 2.05) is 6.20 Å². The number of nitrogens with zero attached hydrogens (tertiary/aromatic N) is 2. The first-order valence-corrected chi connectivity index (χ1v) is 8.85. The summed E-state index contributed by atoms with van der Waals surface area (Å²) in [5, 5.41) is 0. The Morgan fingerprint density at radius 2 is 2.00 bits per heavy atom. The zero-order valence-electron chi connectivity index (χ0n) is 12.3. The molecule has 2 heterocycles. The topological polar surface area (TPSA) is 41.6 Å². The number of rotatable bonds is 1. The molecule has 2 aromatic heterocycles. The van der Waals surface area contributed by atoms with Crippen molar-refractivity contribution in [3.63, 3.8) is 0 Å². The van der Waals surface area contributed by atoms with Gasteiger partial charge in [0.05, 0.1) is 5.52 Å². The normalized spacial score (nSPS) is 41.0. The number of hydrogen-bond acceptors (Lipinski definition) is 2. The molecule has 0 aliphatic heterocycles. The Morgan fingerprint density at radius 3 is 2.71 bits per heavy atom. The Balaban J connectivity index is 1.64. The summed E-state index contributed by atoms with van der Waals surface area (Å²) in [5.41, 5.74) is 2.79. The summed E-state index contributed by atoms with van der Waals surface area (Å²) in [5.74, 6) is 3.05. The van der Waals surface area contributed by atoms with Gasteiger partial charge >= 0.3 is 0 Å². The summed E-state index contributed by atoms with van der Waals surface area (Å²) < 4.78 is 1.02. The highest BCUT2D eigenvalue weighted by Gasteiger charge is 2.57. The number of hydrogen-bond donors (Lipinski definition) is 1. The van der Waals surface area contributed by atoms with Crippen LogP contribution in [0.15, 0.2) is 16.7 Å². The highest BCUT2D eigenvalue weighted by molar-refractivity contribution is 9.10. The minimum absolute atomic E-state index is 0.298. The number of fused-ring (bicyclic) bond motifs is 1. The lowest BCUT2D eigenvalue weighted by molar-refractivity contribution is -0.0644. The third-order valence-corrected chi connectivity index (χ3v) is 6.59. The van der Waals surface area contributed by atoms with E-state index < -0.39 is 0 Å². The molecule has 0 amide bonds. The standard InChI is InChI=1S/C17H20BrN3/c1-16-4-10-2-11(5-16)7-17(6-10,9-16)15-20-13-3-12(18)8-19-14(13)21-15/h3,8,10-11H,2,4-7,9H2,1H3,(H,19,20,21). The highest BCUT2D eigenvalue weighted by Crippen LogP contribution is 2.65. The van der Waals surface area contributed by atoms with E-state index in [4.69, 9.17) is 4.98 Å². The van der Waals surface area contributed by atoms with E-state index in [9.17, 15) is 0 Å². The molecule has 4 fully saturated rings. The van der Waals surface area contributed by atoms with E-state index in [1.165, 1.54) is 44.3 Å². The summed E-state index contributed by atoms with van der Waals surface area (Å²) in [6.07, 6.45) is 10.2. The summed E-state index contributed by atoms with van der Waals surface area (Å²) in [6, 6.07) is 2.10. The molecule has 1 N–H and O–H groups in total. The number of halogens is 1. The van der Waals surface area contributed by atoms with Gasteiger partial charge < -0.3 is 4.98 Å². The van der Waals surface area contributed by atoms with Crippen molar-refractivity contribution >= 4 is 27.1 Å². The summed E-state index contributed by atoms with van der Waals surface area (Å²) in [6.45, 7) is 2.51. The van der Waals surface area contributed by atoms with Crippen molar-refractivity contribution in [2.45, 2.75) is 50.9 Å². The second kappa shape index (κ2) is 3.89. The van der Waals surface area contributed by atoms with Crippen molar-refractivity contribution in [1.29, 1.82) is 0 Å². The molecule has 110 valence electrons. The summed E-state index contributed by atoms with van der Waals surface area (Å²) in [4.78, 5) is 13.0. The number of H-pyrrole nitrogens is 1. The Kier molecular flexibility index (Phi) is 2.34. The van der Waals surface area contributed by atoms with Crippen LogP contribution >= 0.6 is 15.9 Å². The van der Waals surface area contributed by atoms with Crippen molar-refractivity contribution in [2.75, 3.05) is 0 Å². The molecule has 2 atom stereocenters. The predicted octanol–water partition coefficient (Wildman–Crippen LogP) is 4.58. The van der Waals surface area contributed by atoms with E-state index in [1.54, 1.807) is 0 Å². The molecule has 2 unspecified atom stereocenters. The molecule has 3 nitrogen and oxygen atoms in total.